The van der Waals surface area contributed by atoms with E-state index in [1.54, 1.807) is 19.9 Å². The molecule has 0 saturated carbocycles. The van der Waals surface area contributed by atoms with Crippen LogP contribution < -0.4 is 0 Å². The van der Waals surface area contributed by atoms with Crippen LogP contribution in [-0.2, 0) is 28.5 Å². The third-order valence-electron chi connectivity index (χ3n) is 4.17. The Morgan fingerprint density at radius 3 is 2.55 bits per heavy atom. The molecule has 2 heterocycles. The van der Waals surface area contributed by atoms with E-state index in [1.165, 1.54) is 6.08 Å². The fourth-order valence-corrected chi connectivity index (χ4v) is 3.20. The minimum atomic E-state index is -1.11. The molecule has 160 valence electrons. The van der Waals surface area contributed by atoms with Gasteiger partial charge in [-0.15, -0.1) is 0 Å². The van der Waals surface area contributed by atoms with E-state index in [9.17, 15) is 14.7 Å². The van der Waals surface area contributed by atoms with Gasteiger partial charge in [0.2, 0.25) is 5.79 Å². The molecule has 2 aliphatic rings. The van der Waals surface area contributed by atoms with Gasteiger partial charge in [-0.25, -0.2) is 4.79 Å². The first-order valence-corrected chi connectivity index (χ1v) is 9.71. The van der Waals surface area contributed by atoms with Crippen LogP contribution in [-0.4, -0.2) is 40.6 Å². The van der Waals surface area contributed by atoms with Crippen molar-refractivity contribution in [3.63, 3.8) is 0 Å². The van der Waals surface area contributed by atoms with Crippen LogP contribution in [0.4, 0.5) is 0 Å². The molecule has 0 unspecified atom stereocenters. The summed E-state index contributed by atoms with van der Waals surface area (Å²) >= 11 is 0. The standard InChI is InChI=1S/C22H30O7/c1-6-9-18-19(28-22(4,5)27-18)11-8-7-10-15(23)12-16(24)13-17-14-20(25)29-21(2,3)26-17/h6-7,9-10,12,14,18-19,23H,8,11,13H2,1-5H3/b9-6-,10-7+,15-12-/t18-,19+/m1/s1. The zero-order valence-electron chi connectivity index (χ0n) is 17.6. The number of carbonyl (C=O) groups is 2. The third-order valence-corrected chi connectivity index (χ3v) is 4.17. The molecule has 1 N–H and O–H groups in total. The van der Waals surface area contributed by atoms with Gasteiger partial charge in [0.15, 0.2) is 11.6 Å². The van der Waals surface area contributed by atoms with Crippen molar-refractivity contribution in [1.29, 1.82) is 0 Å². The van der Waals surface area contributed by atoms with Crippen LogP contribution in [0.2, 0.25) is 0 Å². The number of cyclic esters (lactones) is 1. The zero-order chi connectivity index (χ0) is 21.7. The van der Waals surface area contributed by atoms with Gasteiger partial charge in [0, 0.05) is 19.9 Å². The van der Waals surface area contributed by atoms with Crippen LogP contribution >= 0.6 is 0 Å². The summed E-state index contributed by atoms with van der Waals surface area (Å²) < 4.78 is 22.1. The molecule has 0 aromatic carbocycles. The highest BCUT2D eigenvalue weighted by Crippen LogP contribution is 2.31. The lowest BCUT2D eigenvalue weighted by molar-refractivity contribution is -0.205. The number of ether oxygens (including phenoxy) is 4. The van der Waals surface area contributed by atoms with Crippen molar-refractivity contribution in [3.05, 3.63) is 48.0 Å². The van der Waals surface area contributed by atoms with Gasteiger partial charge in [-0.1, -0.05) is 18.2 Å². The van der Waals surface area contributed by atoms with Crippen molar-refractivity contribution in [2.45, 2.75) is 77.7 Å². The Hall–Kier alpha value is -2.38. The van der Waals surface area contributed by atoms with Gasteiger partial charge in [0.25, 0.3) is 0 Å². The highest BCUT2D eigenvalue weighted by Gasteiger charge is 2.39. The van der Waals surface area contributed by atoms with Gasteiger partial charge in [-0.2, -0.15) is 0 Å². The molecule has 0 aliphatic carbocycles. The quantitative estimate of drug-likeness (QED) is 0.214. The van der Waals surface area contributed by atoms with E-state index >= 15 is 0 Å². The third kappa shape index (κ3) is 7.51. The summed E-state index contributed by atoms with van der Waals surface area (Å²) in [5, 5.41) is 9.95. The first kappa shape index (κ1) is 22.9. The molecule has 7 heteroatoms. The van der Waals surface area contributed by atoms with Crippen LogP contribution in [0.5, 0.6) is 0 Å². The maximum atomic E-state index is 12.1. The van der Waals surface area contributed by atoms with Crippen molar-refractivity contribution in [2.75, 3.05) is 0 Å². The predicted octanol–water partition coefficient (Wildman–Crippen LogP) is 4.01. The maximum absolute atomic E-state index is 12.1. The second-order valence-electron chi connectivity index (χ2n) is 7.89. The SMILES string of the molecule is C/C=C\[C@H]1OC(C)(C)O[C@H]1CC/C=C/C(O)=C/C(=O)CC1=CC(=O)OC(C)(C)O1. The monoisotopic (exact) mass is 406 g/mol. The molecule has 0 aromatic heterocycles. The van der Waals surface area contributed by atoms with Crippen LogP contribution in [0.3, 0.4) is 0 Å². The van der Waals surface area contributed by atoms with Gasteiger partial charge in [-0.05, 0) is 39.7 Å². The Morgan fingerprint density at radius 1 is 1.17 bits per heavy atom. The Balaban J connectivity index is 1.84. The Labute approximate surface area is 171 Å². The van der Waals surface area contributed by atoms with E-state index in [-0.39, 0.29) is 35.9 Å². The molecular formula is C22H30O7. The fourth-order valence-electron chi connectivity index (χ4n) is 3.20. The summed E-state index contributed by atoms with van der Waals surface area (Å²) in [6.45, 7) is 8.86. The summed E-state index contributed by atoms with van der Waals surface area (Å²) in [4.78, 5) is 23.6. The van der Waals surface area contributed by atoms with E-state index in [2.05, 4.69) is 0 Å². The molecule has 7 nitrogen and oxygen atoms in total. The van der Waals surface area contributed by atoms with E-state index in [0.717, 1.165) is 12.2 Å². The molecule has 2 atom stereocenters. The van der Waals surface area contributed by atoms with E-state index in [1.807, 2.05) is 32.9 Å². The number of esters is 1. The molecule has 0 radical (unpaired) electrons. The first-order valence-electron chi connectivity index (χ1n) is 9.71. The lowest BCUT2D eigenvalue weighted by Crippen LogP contribution is -2.34. The topological polar surface area (TPSA) is 91.3 Å². The van der Waals surface area contributed by atoms with Gasteiger partial charge < -0.3 is 24.1 Å². The molecule has 0 amide bonds. The van der Waals surface area contributed by atoms with Gasteiger partial charge in [0.1, 0.15) is 17.6 Å². The highest BCUT2D eigenvalue weighted by atomic mass is 16.8. The van der Waals surface area contributed by atoms with Crippen molar-refractivity contribution in [2.24, 2.45) is 0 Å². The average molecular weight is 406 g/mol. The van der Waals surface area contributed by atoms with Gasteiger partial charge >= 0.3 is 5.97 Å². The van der Waals surface area contributed by atoms with Crippen molar-refractivity contribution < 1.29 is 33.6 Å². The summed E-state index contributed by atoms with van der Waals surface area (Å²) in [6, 6.07) is 0. The highest BCUT2D eigenvalue weighted by molar-refractivity contribution is 5.93. The lowest BCUT2D eigenvalue weighted by Gasteiger charge is -2.30. The number of carbonyl (C=O) groups excluding carboxylic acids is 2. The summed E-state index contributed by atoms with van der Waals surface area (Å²) in [5.74, 6) is -2.63. The van der Waals surface area contributed by atoms with E-state index in [0.29, 0.717) is 12.8 Å². The second kappa shape index (κ2) is 9.41. The maximum Gasteiger partial charge on any atom is 0.337 e. The normalized spacial score (nSPS) is 26.4. The summed E-state index contributed by atoms with van der Waals surface area (Å²) in [7, 11) is 0. The minimum absolute atomic E-state index is 0.0721. The van der Waals surface area contributed by atoms with Gasteiger partial charge in [0.05, 0.1) is 18.6 Å². The molecular weight excluding hydrogens is 376 g/mol. The molecule has 1 fully saturated rings. The Kier molecular flexibility index (Phi) is 7.43. The molecule has 0 bridgehead atoms. The van der Waals surface area contributed by atoms with Crippen LogP contribution in [0.1, 0.15) is 53.9 Å². The molecule has 2 rings (SSSR count). The number of rotatable bonds is 8. The van der Waals surface area contributed by atoms with Crippen molar-refractivity contribution in [3.8, 4) is 0 Å². The predicted molar refractivity (Wildman–Crippen MR) is 107 cm³/mol. The largest absolute Gasteiger partial charge is 0.508 e. The number of hydrogen-bond acceptors (Lipinski definition) is 7. The Morgan fingerprint density at radius 2 is 1.90 bits per heavy atom. The number of aliphatic hydroxyl groups excluding tert-OH is 1. The number of allylic oxidation sites excluding steroid dienone is 5. The molecule has 1 saturated heterocycles. The molecule has 0 spiro atoms. The molecule has 0 aromatic rings. The summed E-state index contributed by atoms with van der Waals surface area (Å²) in [5.41, 5.74) is 0. The Bertz CT molecular complexity index is 740. The van der Waals surface area contributed by atoms with Crippen molar-refractivity contribution >= 4 is 11.8 Å². The first-order chi connectivity index (χ1) is 13.5. The van der Waals surface area contributed by atoms with Crippen molar-refractivity contribution in [1.82, 2.24) is 0 Å². The summed E-state index contributed by atoms with van der Waals surface area (Å²) in [6.07, 6.45) is 10.4. The van der Waals surface area contributed by atoms with E-state index in [4.69, 9.17) is 18.9 Å². The van der Waals surface area contributed by atoms with Gasteiger partial charge in [-0.3, -0.25) is 4.79 Å². The number of hydrogen-bond donors (Lipinski definition) is 1. The van der Waals surface area contributed by atoms with E-state index < -0.39 is 17.5 Å². The number of ketones is 1. The second-order valence-corrected chi connectivity index (χ2v) is 7.89. The van der Waals surface area contributed by atoms with Crippen LogP contribution in [0.25, 0.3) is 0 Å². The lowest BCUT2D eigenvalue weighted by atomic mass is 10.1. The van der Waals surface area contributed by atoms with Crippen LogP contribution in [0.15, 0.2) is 48.0 Å². The zero-order valence-corrected chi connectivity index (χ0v) is 17.6. The smallest absolute Gasteiger partial charge is 0.337 e. The average Bonchev–Trinajstić information content (AvgIpc) is 2.83. The fraction of sp³-hybridized carbons (Fsp3) is 0.545. The minimum Gasteiger partial charge on any atom is -0.508 e. The van der Waals surface area contributed by atoms with Crippen LogP contribution in [0, 0.1) is 0 Å². The molecule has 29 heavy (non-hydrogen) atoms. The molecule has 2 aliphatic heterocycles. The number of aliphatic hydroxyl groups is 1.